The van der Waals surface area contributed by atoms with Crippen LogP contribution in [0, 0.1) is 4.91 Å². The van der Waals surface area contributed by atoms with E-state index in [0.717, 1.165) is 30.4 Å². The molecule has 1 aromatic rings. The van der Waals surface area contributed by atoms with Crippen LogP contribution in [0.2, 0.25) is 0 Å². The van der Waals surface area contributed by atoms with Gasteiger partial charge in [-0.05, 0) is 53.1 Å². The van der Waals surface area contributed by atoms with Gasteiger partial charge in [-0.2, -0.15) is 0 Å². The molecule has 6 heteroatoms. The fourth-order valence-corrected chi connectivity index (χ4v) is 2.09. The van der Waals surface area contributed by atoms with Gasteiger partial charge in [0.2, 0.25) is 0 Å². The van der Waals surface area contributed by atoms with Crippen LogP contribution >= 0.6 is 15.9 Å². The molecule has 2 heterocycles. The second kappa shape index (κ2) is 5.36. The second-order valence-electron chi connectivity index (χ2n) is 3.78. The summed E-state index contributed by atoms with van der Waals surface area (Å²) >= 11 is 3.26. The van der Waals surface area contributed by atoms with Crippen molar-refractivity contribution >= 4 is 27.4 Å². The zero-order chi connectivity index (χ0) is 11.4. The highest BCUT2D eigenvalue weighted by atomic mass is 79.9. The molecular formula is C10H13BrN4O. The van der Waals surface area contributed by atoms with Crippen molar-refractivity contribution in [1.29, 1.82) is 0 Å². The van der Waals surface area contributed by atoms with Crippen LogP contribution in [-0.4, -0.2) is 24.1 Å². The van der Waals surface area contributed by atoms with Gasteiger partial charge in [0.1, 0.15) is 0 Å². The molecule has 1 saturated heterocycles. The summed E-state index contributed by atoms with van der Waals surface area (Å²) in [5.41, 5.74) is 0.355. The summed E-state index contributed by atoms with van der Waals surface area (Å²) in [5.74, 6) is 0.574. The average Bonchev–Trinajstić information content (AvgIpc) is 2.33. The molecule has 2 N–H and O–H groups in total. The Morgan fingerprint density at radius 2 is 2.25 bits per heavy atom. The smallest absolute Gasteiger partial charge is 0.155 e. The molecule has 0 amide bonds. The fraction of sp³-hybridized carbons (Fsp3) is 0.500. The molecule has 16 heavy (non-hydrogen) atoms. The molecule has 1 aliphatic rings. The summed E-state index contributed by atoms with van der Waals surface area (Å²) in [6, 6.07) is 2.04. The molecular weight excluding hydrogens is 272 g/mol. The number of anilines is 1. The summed E-state index contributed by atoms with van der Waals surface area (Å²) < 4.78 is 0.762. The number of pyridine rings is 1. The molecule has 1 fully saturated rings. The Hall–Kier alpha value is -1.01. The van der Waals surface area contributed by atoms with Crippen LogP contribution in [0.4, 0.5) is 11.5 Å². The molecule has 0 atom stereocenters. The monoisotopic (exact) mass is 284 g/mol. The van der Waals surface area contributed by atoms with Crippen molar-refractivity contribution in [2.24, 2.45) is 5.18 Å². The quantitative estimate of drug-likeness (QED) is 0.837. The normalized spacial score (nSPS) is 17.1. The maximum atomic E-state index is 10.7. The van der Waals surface area contributed by atoms with Gasteiger partial charge in [-0.3, -0.25) is 0 Å². The summed E-state index contributed by atoms with van der Waals surface area (Å²) in [6.45, 7) is 2.00. The first-order chi connectivity index (χ1) is 7.79. The zero-order valence-electron chi connectivity index (χ0n) is 8.74. The summed E-state index contributed by atoms with van der Waals surface area (Å²) in [6.07, 6.45) is 3.74. The van der Waals surface area contributed by atoms with Crippen molar-refractivity contribution in [2.45, 2.75) is 18.9 Å². The Morgan fingerprint density at radius 3 is 2.94 bits per heavy atom. The topological polar surface area (TPSA) is 66.4 Å². The lowest BCUT2D eigenvalue weighted by Crippen LogP contribution is -2.35. The molecule has 0 bridgehead atoms. The van der Waals surface area contributed by atoms with Crippen molar-refractivity contribution < 1.29 is 0 Å². The van der Waals surface area contributed by atoms with E-state index in [4.69, 9.17) is 0 Å². The van der Waals surface area contributed by atoms with E-state index < -0.39 is 0 Å². The third-order valence-corrected chi connectivity index (χ3v) is 3.05. The molecule has 0 unspecified atom stereocenters. The first-order valence-corrected chi connectivity index (χ1v) is 6.05. The van der Waals surface area contributed by atoms with E-state index in [1.165, 1.54) is 0 Å². The third kappa shape index (κ3) is 2.76. The van der Waals surface area contributed by atoms with Gasteiger partial charge in [-0.25, -0.2) is 4.98 Å². The van der Waals surface area contributed by atoms with Crippen molar-refractivity contribution in [3.8, 4) is 0 Å². The van der Waals surface area contributed by atoms with Crippen LogP contribution in [0.25, 0.3) is 0 Å². The van der Waals surface area contributed by atoms with E-state index >= 15 is 0 Å². The third-order valence-electron chi connectivity index (χ3n) is 2.61. The van der Waals surface area contributed by atoms with Gasteiger partial charge >= 0.3 is 0 Å². The van der Waals surface area contributed by atoms with Crippen molar-refractivity contribution in [3.05, 3.63) is 21.6 Å². The maximum Gasteiger partial charge on any atom is 0.155 e. The predicted molar refractivity (Wildman–Crippen MR) is 66.9 cm³/mol. The fourth-order valence-electron chi connectivity index (χ4n) is 1.77. The lowest BCUT2D eigenvalue weighted by Gasteiger charge is -2.24. The number of hydrogen-bond donors (Lipinski definition) is 2. The predicted octanol–water partition coefficient (Wildman–Crippen LogP) is 2.41. The molecule has 86 valence electrons. The van der Waals surface area contributed by atoms with Gasteiger partial charge in [0.05, 0.1) is 0 Å². The Morgan fingerprint density at radius 1 is 1.50 bits per heavy atom. The molecule has 0 spiro atoms. The number of aromatic nitrogens is 1. The largest absolute Gasteiger partial charge is 0.365 e. The highest BCUT2D eigenvalue weighted by molar-refractivity contribution is 9.10. The Bertz CT molecular complexity index is 379. The van der Waals surface area contributed by atoms with Crippen molar-refractivity contribution in [2.75, 3.05) is 18.4 Å². The zero-order valence-corrected chi connectivity index (χ0v) is 10.3. The molecule has 1 aliphatic heterocycles. The van der Waals surface area contributed by atoms with Gasteiger partial charge in [0, 0.05) is 16.7 Å². The Kier molecular flexibility index (Phi) is 3.84. The SMILES string of the molecule is O=Nc1cc(Br)cnc1NC1CCNCC1. The van der Waals surface area contributed by atoms with Crippen LogP contribution < -0.4 is 10.6 Å². The van der Waals surface area contributed by atoms with Gasteiger partial charge in [-0.1, -0.05) is 0 Å². The first-order valence-electron chi connectivity index (χ1n) is 5.26. The molecule has 5 nitrogen and oxygen atoms in total. The summed E-state index contributed by atoms with van der Waals surface area (Å²) in [5, 5.41) is 9.52. The molecule has 0 aromatic carbocycles. The summed E-state index contributed by atoms with van der Waals surface area (Å²) in [7, 11) is 0. The van der Waals surface area contributed by atoms with E-state index in [9.17, 15) is 4.91 Å². The number of rotatable bonds is 3. The molecule has 0 saturated carbocycles. The van der Waals surface area contributed by atoms with E-state index in [0.29, 0.717) is 17.5 Å². The Balaban J connectivity index is 2.10. The lowest BCUT2D eigenvalue weighted by molar-refractivity contribution is 0.478. The van der Waals surface area contributed by atoms with Crippen LogP contribution in [-0.2, 0) is 0 Å². The van der Waals surface area contributed by atoms with E-state index in [1.54, 1.807) is 12.3 Å². The number of nitroso groups, excluding NO2 is 1. The first kappa shape index (κ1) is 11.5. The molecule has 1 aromatic heterocycles. The number of halogens is 1. The number of hydrogen-bond acceptors (Lipinski definition) is 5. The lowest BCUT2D eigenvalue weighted by atomic mass is 10.1. The second-order valence-corrected chi connectivity index (χ2v) is 4.70. The molecule has 0 radical (unpaired) electrons. The standard InChI is InChI=1S/C10H13BrN4O/c11-7-5-9(15-16)10(13-6-7)14-8-1-3-12-4-2-8/h5-6,8,12H,1-4H2,(H,13,14). The van der Waals surface area contributed by atoms with Gasteiger partial charge in [-0.15, -0.1) is 4.91 Å². The van der Waals surface area contributed by atoms with Crippen LogP contribution in [0.3, 0.4) is 0 Å². The highest BCUT2D eigenvalue weighted by Gasteiger charge is 2.15. The van der Waals surface area contributed by atoms with Crippen LogP contribution in [0.1, 0.15) is 12.8 Å². The highest BCUT2D eigenvalue weighted by Crippen LogP contribution is 2.27. The minimum Gasteiger partial charge on any atom is -0.365 e. The number of nitrogens with zero attached hydrogens (tertiary/aromatic N) is 2. The number of piperidine rings is 1. The Labute approximate surface area is 102 Å². The van der Waals surface area contributed by atoms with Gasteiger partial charge in [0.15, 0.2) is 11.5 Å². The maximum absolute atomic E-state index is 10.7. The molecule has 2 rings (SSSR count). The average molecular weight is 285 g/mol. The number of nitrogens with one attached hydrogen (secondary N) is 2. The minimum absolute atomic E-state index is 0.355. The van der Waals surface area contributed by atoms with Crippen molar-refractivity contribution in [3.63, 3.8) is 0 Å². The van der Waals surface area contributed by atoms with Gasteiger partial charge in [0.25, 0.3) is 0 Å². The van der Waals surface area contributed by atoms with E-state index in [-0.39, 0.29) is 0 Å². The van der Waals surface area contributed by atoms with Crippen molar-refractivity contribution in [1.82, 2.24) is 10.3 Å². The minimum atomic E-state index is 0.355. The van der Waals surface area contributed by atoms with Crippen LogP contribution in [0.5, 0.6) is 0 Å². The van der Waals surface area contributed by atoms with Gasteiger partial charge < -0.3 is 10.6 Å². The molecule has 0 aliphatic carbocycles. The van der Waals surface area contributed by atoms with E-state index in [1.807, 2.05) is 0 Å². The summed E-state index contributed by atoms with van der Waals surface area (Å²) in [4.78, 5) is 14.8. The van der Waals surface area contributed by atoms with Crippen LogP contribution in [0.15, 0.2) is 21.9 Å². The van der Waals surface area contributed by atoms with E-state index in [2.05, 4.69) is 36.7 Å².